The summed E-state index contributed by atoms with van der Waals surface area (Å²) in [5.74, 6) is -1.24. The Hall–Kier alpha value is -1.36. The van der Waals surface area contributed by atoms with Gasteiger partial charge in [0.2, 0.25) is 0 Å². The van der Waals surface area contributed by atoms with Gasteiger partial charge in [0, 0.05) is 13.1 Å². The molecule has 5 nitrogen and oxygen atoms in total. The van der Waals surface area contributed by atoms with Gasteiger partial charge in [0.25, 0.3) is 0 Å². The molecule has 0 fully saturated rings. The molecule has 1 N–H and O–H groups in total. The van der Waals surface area contributed by atoms with Crippen LogP contribution in [0.1, 0.15) is 20.8 Å². The molecule has 0 saturated carbocycles. The minimum atomic E-state index is -0.907. The topological polar surface area (TPSA) is 66.8 Å². The maximum Gasteiger partial charge on any atom is 0.320 e. The highest BCUT2D eigenvalue weighted by Gasteiger charge is 2.30. The second-order valence-corrected chi connectivity index (χ2v) is 4.45. The van der Waals surface area contributed by atoms with Crippen LogP contribution >= 0.6 is 0 Å². The molecule has 0 bridgehead atoms. The van der Waals surface area contributed by atoms with Crippen molar-refractivity contribution in [3.05, 3.63) is 12.7 Å². The van der Waals surface area contributed by atoms with Crippen LogP contribution in [0.4, 0.5) is 0 Å². The van der Waals surface area contributed by atoms with Crippen molar-refractivity contribution in [3.63, 3.8) is 0 Å². The van der Waals surface area contributed by atoms with E-state index in [2.05, 4.69) is 6.58 Å². The zero-order chi connectivity index (χ0) is 13.5. The Kier molecular flexibility index (Phi) is 6.50. The first-order chi connectivity index (χ1) is 7.83. The van der Waals surface area contributed by atoms with Gasteiger partial charge in [-0.15, -0.1) is 6.58 Å². The largest absolute Gasteiger partial charge is 0.481 e. The number of esters is 1. The van der Waals surface area contributed by atoms with Crippen molar-refractivity contribution in [2.45, 2.75) is 20.8 Å². The molecule has 0 spiro atoms. The molecule has 0 saturated heterocycles. The number of hydrogen-bond donors (Lipinski definition) is 1. The van der Waals surface area contributed by atoms with Gasteiger partial charge in [0.1, 0.15) is 0 Å². The molecule has 0 aromatic heterocycles. The maximum atomic E-state index is 11.3. The molecule has 98 valence electrons. The zero-order valence-corrected chi connectivity index (χ0v) is 10.7. The first-order valence-corrected chi connectivity index (χ1v) is 5.55. The van der Waals surface area contributed by atoms with Crippen LogP contribution in [0.25, 0.3) is 0 Å². The van der Waals surface area contributed by atoms with Crippen LogP contribution in [0.15, 0.2) is 12.7 Å². The predicted octanol–water partition coefficient (Wildman–Crippen LogP) is 1.15. The van der Waals surface area contributed by atoms with Crippen LogP contribution < -0.4 is 0 Å². The number of carboxylic acid groups (broad SMARTS) is 1. The highest BCUT2D eigenvalue weighted by molar-refractivity contribution is 5.74. The molecule has 0 amide bonds. The lowest BCUT2D eigenvalue weighted by atomic mass is 9.93. The Balaban J connectivity index is 4.48. The minimum absolute atomic E-state index is 0.0799. The third kappa shape index (κ3) is 6.06. The summed E-state index contributed by atoms with van der Waals surface area (Å²) >= 11 is 0. The molecular formula is C12H21NO4. The molecule has 0 aliphatic carbocycles. The molecule has 0 heterocycles. The molecular weight excluding hydrogens is 222 g/mol. The lowest BCUT2D eigenvalue weighted by Crippen LogP contribution is -2.42. The summed E-state index contributed by atoms with van der Waals surface area (Å²) in [5, 5.41) is 9.03. The van der Waals surface area contributed by atoms with Gasteiger partial charge in [0.15, 0.2) is 0 Å². The molecule has 0 radical (unpaired) electrons. The Labute approximate surface area is 102 Å². The third-order valence-corrected chi connectivity index (χ3v) is 2.24. The third-order valence-electron chi connectivity index (χ3n) is 2.24. The van der Waals surface area contributed by atoms with E-state index in [1.165, 1.54) is 0 Å². The second kappa shape index (κ2) is 7.06. The van der Waals surface area contributed by atoms with E-state index < -0.39 is 11.4 Å². The SMILES string of the molecule is C=CCN(CC(=O)OCC)CC(C)(C)C(=O)O. The van der Waals surface area contributed by atoms with Crippen molar-refractivity contribution in [1.82, 2.24) is 4.90 Å². The number of rotatable bonds is 8. The summed E-state index contributed by atoms with van der Waals surface area (Å²) in [6.07, 6.45) is 1.64. The fourth-order valence-corrected chi connectivity index (χ4v) is 1.38. The smallest absolute Gasteiger partial charge is 0.320 e. The fourth-order valence-electron chi connectivity index (χ4n) is 1.38. The number of carbonyl (C=O) groups is 2. The number of nitrogens with zero attached hydrogens (tertiary/aromatic N) is 1. The molecule has 0 aliphatic rings. The average Bonchev–Trinajstić information content (AvgIpc) is 2.17. The average molecular weight is 243 g/mol. The normalized spacial score (nSPS) is 11.3. The van der Waals surface area contributed by atoms with Crippen molar-refractivity contribution in [2.75, 3.05) is 26.2 Å². The summed E-state index contributed by atoms with van der Waals surface area (Å²) in [4.78, 5) is 24.0. The van der Waals surface area contributed by atoms with Gasteiger partial charge < -0.3 is 9.84 Å². The molecule has 0 rings (SSSR count). The van der Waals surface area contributed by atoms with Gasteiger partial charge in [-0.2, -0.15) is 0 Å². The van der Waals surface area contributed by atoms with Gasteiger partial charge in [0.05, 0.1) is 18.6 Å². The first kappa shape index (κ1) is 15.6. The van der Waals surface area contributed by atoms with Crippen molar-refractivity contribution in [2.24, 2.45) is 5.41 Å². The number of carbonyl (C=O) groups excluding carboxylic acids is 1. The molecule has 0 aliphatic heterocycles. The van der Waals surface area contributed by atoms with E-state index in [4.69, 9.17) is 9.84 Å². The standard InChI is InChI=1S/C12H21NO4/c1-5-7-13(8-10(14)17-6-2)9-12(3,4)11(15)16/h5H,1,6-9H2,2-4H3,(H,15,16). The molecule has 5 heteroatoms. The number of hydrogen-bond acceptors (Lipinski definition) is 4. The molecule has 17 heavy (non-hydrogen) atoms. The van der Waals surface area contributed by atoms with E-state index in [1.807, 2.05) is 0 Å². The summed E-state index contributed by atoms with van der Waals surface area (Å²) in [6.45, 7) is 9.69. The van der Waals surface area contributed by atoms with Crippen molar-refractivity contribution in [3.8, 4) is 0 Å². The fraction of sp³-hybridized carbons (Fsp3) is 0.667. The Morgan fingerprint density at radius 2 is 2.06 bits per heavy atom. The van der Waals surface area contributed by atoms with E-state index in [0.717, 1.165) is 0 Å². The minimum Gasteiger partial charge on any atom is -0.481 e. The molecule has 0 unspecified atom stereocenters. The van der Waals surface area contributed by atoms with E-state index in [0.29, 0.717) is 13.2 Å². The summed E-state index contributed by atoms with van der Waals surface area (Å²) in [6, 6.07) is 0. The van der Waals surface area contributed by atoms with Crippen LogP contribution in [0, 0.1) is 5.41 Å². The van der Waals surface area contributed by atoms with Gasteiger partial charge in [-0.1, -0.05) is 6.08 Å². The first-order valence-electron chi connectivity index (χ1n) is 5.55. The van der Waals surface area contributed by atoms with Gasteiger partial charge in [-0.3, -0.25) is 14.5 Å². The van der Waals surface area contributed by atoms with E-state index >= 15 is 0 Å². The summed E-state index contributed by atoms with van der Waals surface area (Å²) in [5.41, 5.74) is -0.907. The zero-order valence-electron chi connectivity index (χ0n) is 10.7. The number of ether oxygens (including phenoxy) is 1. The van der Waals surface area contributed by atoms with Crippen molar-refractivity contribution >= 4 is 11.9 Å². The van der Waals surface area contributed by atoms with Crippen molar-refractivity contribution < 1.29 is 19.4 Å². The molecule has 0 aromatic carbocycles. The van der Waals surface area contributed by atoms with Crippen LogP contribution in [-0.2, 0) is 14.3 Å². The van der Waals surface area contributed by atoms with Gasteiger partial charge in [-0.05, 0) is 20.8 Å². The lowest BCUT2D eigenvalue weighted by Gasteiger charge is -2.28. The van der Waals surface area contributed by atoms with E-state index in [1.54, 1.807) is 31.7 Å². The second-order valence-electron chi connectivity index (χ2n) is 4.45. The van der Waals surface area contributed by atoms with Crippen LogP contribution in [0.5, 0.6) is 0 Å². The van der Waals surface area contributed by atoms with Crippen molar-refractivity contribution in [1.29, 1.82) is 0 Å². The van der Waals surface area contributed by atoms with Crippen LogP contribution in [0.3, 0.4) is 0 Å². The number of aliphatic carboxylic acids is 1. The quantitative estimate of drug-likeness (QED) is 0.511. The Morgan fingerprint density at radius 3 is 2.47 bits per heavy atom. The summed E-state index contributed by atoms with van der Waals surface area (Å²) in [7, 11) is 0. The highest BCUT2D eigenvalue weighted by atomic mass is 16.5. The maximum absolute atomic E-state index is 11.3. The number of carboxylic acids is 1. The monoisotopic (exact) mass is 243 g/mol. The summed E-state index contributed by atoms with van der Waals surface area (Å²) < 4.78 is 4.83. The molecule has 0 atom stereocenters. The van der Waals surface area contributed by atoms with Gasteiger partial charge in [-0.25, -0.2) is 0 Å². The Morgan fingerprint density at radius 1 is 1.47 bits per heavy atom. The van der Waals surface area contributed by atoms with E-state index in [-0.39, 0.29) is 19.1 Å². The van der Waals surface area contributed by atoms with Crippen LogP contribution in [0.2, 0.25) is 0 Å². The predicted molar refractivity (Wildman–Crippen MR) is 64.7 cm³/mol. The Bertz CT molecular complexity index is 286. The van der Waals surface area contributed by atoms with E-state index in [9.17, 15) is 9.59 Å². The lowest BCUT2D eigenvalue weighted by molar-refractivity contribution is -0.150. The molecule has 0 aromatic rings. The van der Waals surface area contributed by atoms with Gasteiger partial charge >= 0.3 is 11.9 Å². The van der Waals surface area contributed by atoms with Crippen LogP contribution in [-0.4, -0.2) is 48.2 Å². The highest BCUT2D eigenvalue weighted by Crippen LogP contribution is 2.17.